The number of aromatic nitrogens is 1. The predicted molar refractivity (Wildman–Crippen MR) is 69.5 cm³/mol. The Morgan fingerprint density at radius 3 is 2.75 bits per heavy atom. The van der Waals surface area contributed by atoms with Gasteiger partial charge in [-0.15, -0.1) is 0 Å². The lowest BCUT2D eigenvalue weighted by atomic mass is 10.2. The third-order valence-electron chi connectivity index (χ3n) is 2.29. The number of halogens is 1. The number of carbonyl (C=O) groups excluding carboxylic acids is 2. The molecule has 0 bridgehead atoms. The minimum absolute atomic E-state index is 0.0523. The molecule has 0 N–H and O–H groups in total. The van der Waals surface area contributed by atoms with Crippen LogP contribution in [0.15, 0.2) is 12.3 Å². The number of likely N-dealkylation sites (N-methyl/N-ethyl adjacent to an activating group) is 1. The van der Waals surface area contributed by atoms with Gasteiger partial charge >= 0.3 is 5.97 Å². The van der Waals surface area contributed by atoms with E-state index in [1.54, 1.807) is 6.92 Å². The van der Waals surface area contributed by atoms with Crippen molar-refractivity contribution in [3.8, 4) is 0 Å². The molecule has 108 valence electrons. The normalized spacial score (nSPS) is 9.95. The van der Waals surface area contributed by atoms with E-state index < -0.39 is 22.5 Å². The summed E-state index contributed by atoms with van der Waals surface area (Å²) in [4.78, 5) is 38.0. The molecule has 1 aromatic heterocycles. The lowest BCUT2D eigenvalue weighted by molar-refractivity contribution is -0.385. The van der Waals surface area contributed by atoms with Crippen LogP contribution >= 0.6 is 11.6 Å². The average Bonchev–Trinajstić information content (AvgIpc) is 2.37. The van der Waals surface area contributed by atoms with Gasteiger partial charge in [0.25, 0.3) is 11.6 Å². The zero-order valence-electron chi connectivity index (χ0n) is 10.8. The minimum Gasteiger partial charge on any atom is -0.465 e. The lowest BCUT2D eigenvalue weighted by Gasteiger charge is -2.16. The third-order valence-corrected chi connectivity index (χ3v) is 2.50. The van der Waals surface area contributed by atoms with Gasteiger partial charge in [-0.2, -0.15) is 0 Å². The van der Waals surface area contributed by atoms with E-state index in [-0.39, 0.29) is 23.9 Å². The number of nitro groups is 1. The van der Waals surface area contributed by atoms with Crippen LogP contribution in [-0.2, 0) is 9.53 Å². The Labute approximate surface area is 119 Å². The van der Waals surface area contributed by atoms with Crippen LogP contribution in [0.4, 0.5) is 5.69 Å². The second-order valence-corrected chi connectivity index (χ2v) is 4.13. The molecule has 0 radical (unpaired) electrons. The molecule has 0 aromatic carbocycles. The van der Waals surface area contributed by atoms with Crippen LogP contribution in [0.25, 0.3) is 0 Å². The molecule has 0 saturated carbocycles. The number of esters is 1. The largest absolute Gasteiger partial charge is 0.465 e. The summed E-state index contributed by atoms with van der Waals surface area (Å²) >= 11 is 5.63. The van der Waals surface area contributed by atoms with Gasteiger partial charge in [0.2, 0.25) is 0 Å². The van der Waals surface area contributed by atoms with Gasteiger partial charge in [0.15, 0.2) is 0 Å². The first-order valence-corrected chi connectivity index (χ1v) is 5.95. The lowest BCUT2D eigenvalue weighted by Crippen LogP contribution is -2.33. The van der Waals surface area contributed by atoms with Crippen LogP contribution in [0.2, 0.25) is 5.15 Å². The van der Waals surface area contributed by atoms with Gasteiger partial charge in [-0.25, -0.2) is 4.98 Å². The van der Waals surface area contributed by atoms with Gasteiger partial charge in [0.05, 0.1) is 11.5 Å². The van der Waals surface area contributed by atoms with Crippen molar-refractivity contribution >= 4 is 29.2 Å². The summed E-state index contributed by atoms with van der Waals surface area (Å²) in [7, 11) is 1.33. The Morgan fingerprint density at radius 2 is 2.20 bits per heavy atom. The van der Waals surface area contributed by atoms with E-state index in [4.69, 9.17) is 16.3 Å². The second kappa shape index (κ2) is 6.80. The molecular formula is C11H12ClN3O5. The highest BCUT2D eigenvalue weighted by atomic mass is 35.5. The molecule has 20 heavy (non-hydrogen) atoms. The van der Waals surface area contributed by atoms with E-state index in [1.807, 2.05) is 0 Å². The molecule has 1 rings (SSSR count). The molecule has 0 fully saturated rings. The molecule has 1 amide bonds. The van der Waals surface area contributed by atoms with Crippen LogP contribution in [0, 0.1) is 10.1 Å². The molecule has 1 heterocycles. The minimum atomic E-state index is -0.741. The molecule has 0 aliphatic heterocycles. The van der Waals surface area contributed by atoms with Crippen molar-refractivity contribution in [1.82, 2.24) is 9.88 Å². The Bertz CT molecular complexity index is 549. The number of rotatable bonds is 5. The zero-order chi connectivity index (χ0) is 15.3. The smallest absolute Gasteiger partial charge is 0.325 e. The summed E-state index contributed by atoms with van der Waals surface area (Å²) in [5.41, 5.74) is -0.711. The average molecular weight is 302 g/mol. The van der Waals surface area contributed by atoms with E-state index in [2.05, 4.69) is 4.98 Å². The molecular weight excluding hydrogens is 290 g/mol. The van der Waals surface area contributed by atoms with E-state index in [1.165, 1.54) is 7.05 Å². The summed E-state index contributed by atoms with van der Waals surface area (Å²) in [6, 6.07) is 1.09. The Hall–Kier alpha value is -2.22. The highest BCUT2D eigenvalue weighted by Gasteiger charge is 2.25. The monoisotopic (exact) mass is 301 g/mol. The van der Waals surface area contributed by atoms with Gasteiger partial charge in [0.1, 0.15) is 23.5 Å². The highest BCUT2D eigenvalue weighted by molar-refractivity contribution is 6.29. The maximum absolute atomic E-state index is 12.1. The first-order chi connectivity index (χ1) is 9.36. The maximum Gasteiger partial charge on any atom is 0.325 e. The molecule has 8 nitrogen and oxygen atoms in total. The van der Waals surface area contributed by atoms with Crippen molar-refractivity contribution in [1.29, 1.82) is 0 Å². The van der Waals surface area contributed by atoms with Crippen molar-refractivity contribution in [3.05, 3.63) is 33.1 Å². The number of carbonyl (C=O) groups is 2. The maximum atomic E-state index is 12.1. The number of pyridine rings is 1. The Balaban J connectivity index is 2.99. The number of amides is 1. The summed E-state index contributed by atoms with van der Waals surface area (Å²) in [6.45, 7) is 1.50. The van der Waals surface area contributed by atoms with Crippen molar-refractivity contribution in [2.45, 2.75) is 6.92 Å². The Kier molecular flexibility index (Phi) is 5.39. The van der Waals surface area contributed by atoms with E-state index >= 15 is 0 Å². The third kappa shape index (κ3) is 3.89. The molecule has 0 unspecified atom stereocenters. The van der Waals surface area contributed by atoms with Crippen LogP contribution in [0.5, 0.6) is 0 Å². The number of hydrogen-bond donors (Lipinski definition) is 0. The van der Waals surface area contributed by atoms with E-state index in [9.17, 15) is 19.7 Å². The molecule has 0 aliphatic rings. The van der Waals surface area contributed by atoms with Crippen molar-refractivity contribution in [3.63, 3.8) is 0 Å². The number of nitrogens with zero attached hydrogens (tertiary/aromatic N) is 3. The van der Waals surface area contributed by atoms with Crippen molar-refractivity contribution < 1.29 is 19.2 Å². The zero-order valence-corrected chi connectivity index (χ0v) is 11.6. The second-order valence-electron chi connectivity index (χ2n) is 3.75. The molecule has 0 spiro atoms. The van der Waals surface area contributed by atoms with Crippen LogP contribution in [0.3, 0.4) is 0 Å². The highest BCUT2D eigenvalue weighted by Crippen LogP contribution is 2.21. The van der Waals surface area contributed by atoms with Crippen LogP contribution in [-0.4, -0.2) is 46.9 Å². The van der Waals surface area contributed by atoms with Gasteiger partial charge in [0, 0.05) is 7.05 Å². The summed E-state index contributed by atoms with van der Waals surface area (Å²) in [5, 5.41) is 10.8. The fourth-order valence-corrected chi connectivity index (χ4v) is 1.58. The van der Waals surface area contributed by atoms with Crippen molar-refractivity contribution in [2.24, 2.45) is 0 Å². The first kappa shape index (κ1) is 15.8. The summed E-state index contributed by atoms with van der Waals surface area (Å²) < 4.78 is 4.69. The van der Waals surface area contributed by atoms with Gasteiger partial charge in [-0.05, 0) is 13.0 Å². The quantitative estimate of drug-likeness (QED) is 0.351. The Morgan fingerprint density at radius 1 is 1.55 bits per heavy atom. The standard InChI is InChI=1S/C11H12ClN3O5/c1-3-20-10(16)6-14(2)11(17)7-4-9(12)13-5-8(7)15(18)19/h4-5H,3,6H2,1-2H3. The van der Waals surface area contributed by atoms with E-state index in [0.717, 1.165) is 17.2 Å². The summed E-state index contributed by atoms with van der Waals surface area (Å²) in [5.74, 6) is -1.32. The molecule has 0 aliphatic carbocycles. The van der Waals surface area contributed by atoms with Gasteiger partial charge in [-0.3, -0.25) is 19.7 Å². The van der Waals surface area contributed by atoms with Crippen LogP contribution < -0.4 is 0 Å². The number of ether oxygens (including phenoxy) is 1. The van der Waals surface area contributed by atoms with Gasteiger partial charge < -0.3 is 9.64 Å². The van der Waals surface area contributed by atoms with Crippen LogP contribution in [0.1, 0.15) is 17.3 Å². The van der Waals surface area contributed by atoms with E-state index in [0.29, 0.717) is 0 Å². The fourth-order valence-electron chi connectivity index (χ4n) is 1.42. The predicted octanol–water partition coefficient (Wildman–Crippen LogP) is 1.28. The molecule has 9 heteroatoms. The topological polar surface area (TPSA) is 103 Å². The van der Waals surface area contributed by atoms with Gasteiger partial charge in [-0.1, -0.05) is 11.6 Å². The fraction of sp³-hybridized carbons (Fsp3) is 0.364. The molecule has 0 atom stereocenters. The SMILES string of the molecule is CCOC(=O)CN(C)C(=O)c1cc(Cl)ncc1[N+](=O)[O-]. The number of hydrogen-bond acceptors (Lipinski definition) is 6. The first-order valence-electron chi connectivity index (χ1n) is 5.57. The molecule has 1 aromatic rings. The molecule has 0 saturated heterocycles. The van der Waals surface area contributed by atoms with Crippen molar-refractivity contribution in [2.75, 3.05) is 20.2 Å². The summed E-state index contributed by atoms with van der Waals surface area (Å²) in [6.07, 6.45) is 0.897.